The third kappa shape index (κ3) is 4.21. The third-order valence-electron chi connectivity index (χ3n) is 4.15. The number of carbonyl (C=O) groups is 1. The SMILES string of the molecule is Cc1cc(=O)oc2cc(O)c(S(=O)N[C@@H](Cc3ccc(O)cc3)C(=O)O)cc12. The average Bonchev–Trinajstić information content (AvgIpc) is 2.62. The zero-order valence-corrected chi connectivity index (χ0v) is 15.5. The number of carboxylic acid groups (broad SMARTS) is 1. The molecule has 0 fully saturated rings. The maximum absolute atomic E-state index is 12.7. The summed E-state index contributed by atoms with van der Waals surface area (Å²) in [5, 5.41) is 29.4. The molecule has 2 atom stereocenters. The Morgan fingerprint density at radius 2 is 1.86 bits per heavy atom. The van der Waals surface area contributed by atoms with Crippen LogP contribution in [0.3, 0.4) is 0 Å². The fourth-order valence-electron chi connectivity index (χ4n) is 2.72. The lowest BCUT2D eigenvalue weighted by molar-refractivity contribution is -0.138. The van der Waals surface area contributed by atoms with Crippen LogP contribution in [0.25, 0.3) is 11.0 Å². The predicted octanol–water partition coefficient (Wildman–Crippen LogP) is 1.82. The molecular weight excluding hydrogens is 386 g/mol. The van der Waals surface area contributed by atoms with Gasteiger partial charge in [0.05, 0.1) is 4.90 Å². The smallest absolute Gasteiger partial charge is 0.336 e. The van der Waals surface area contributed by atoms with Crippen molar-refractivity contribution in [3.63, 3.8) is 0 Å². The number of hydrogen-bond donors (Lipinski definition) is 4. The molecule has 2 aromatic carbocycles. The second-order valence-electron chi connectivity index (χ2n) is 6.21. The normalized spacial score (nSPS) is 13.3. The highest BCUT2D eigenvalue weighted by Gasteiger charge is 2.23. The standard InChI is InChI=1S/C19H17NO7S/c1-10-6-18(23)27-16-9-15(22)17(8-13(10)16)28(26)20-14(19(24)25)7-11-2-4-12(21)5-3-11/h2-6,8-9,14,20-22H,7H2,1H3,(H,24,25)/t14-,28?/m0/s1. The van der Waals surface area contributed by atoms with E-state index in [1.807, 2.05) is 0 Å². The lowest BCUT2D eigenvalue weighted by Crippen LogP contribution is -2.39. The second kappa shape index (κ2) is 7.83. The van der Waals surface area contributed by atoms with E-state index in [2.05, 4.69) is 4.72 Å². The van der Waals surface area contributed by atoms with E-state index in [-0.39, 0.29) is 28.4 Å². The summed E-state index contributed by atoms with van der Waals surface area (Å²) in [6.45, 7) is 1.67. The molecule has 0 aliphatic carbocycles. The first kappa shape index (κ1) is 19.6. The predicted molar refractivity (Wildman–Crippen MR) is 102 cm³/mol. The number of phenolic OH excluding ortho intramolecular Hbond substituents is 2. The van der Waals surface area contributed by atoms with E-state index in [4.69, 9.17) is 4.42 Å². The summed E-state index contributed by atoms with van der Waals surface area (Å²) >= 11 is 0. The van der Waals surface area contributed by atoms with Gasteiger partial charge in [0.1, 0.15) is 34.1 Å². The van der Waals surface area contributed by atoms with Crippen LogP contribution in [0.1, 0.15) is 11.1 Å². The van der Waals surface area contributed by atoms with Gasteiger partial charge in [0.2, 0.25) is 0 Å². The van der Waals surface area contributed by atoms with Crippen molar-refractivity contribution in [1.29, 1.82) is 0 Å². The van der Waals surface area contributed by atoms with Crippen LogP contribution in [0, 0.1) is 6.92 Å². The van der Waals surface area contributed by atoms with Gasteiger partial charge < -0.3 is 19.7 Å². The lowest BCUT2D eigenvalue weighted by Gasteiger charge is -2.15. The quantitative estimate of drug-likeness (QED) is 0.461. The Hall–Kier alpha value is -3.17. The summed E-state index contributed by atoms with van der Waals surface area (Å²) < 4.78 is 20.2. The summed E-state index contributed by atoms with van der Waals surface area (Å²) in [6.07, 6.45) is 0.0175. The van der Waals surface area contributed by atoms with E-state index in [0.717, 1.165) is 0 Å². The number of hydrogen-bond acceptors (Lipinski definition) is 6. The number of rotatable bonds is 6. The van der Waals surface area contributed by atoms with Crippen molar-refractivity contribution in [2.45, 2.75) is 24.3 Å². The zero-order chi connectivity index (χ0) is 20.4. The van der Waals surface area contributed by atoms with Gasteiger partial charge >= 0.3 is 11.6 Å². The number of fused-ring (bicyclic) bond motifs is 1. The summed E-state index contributed by atoms with van der Waals surface area (Å²) in [4.78, 5) is 23.0. The van der Waals surface area contributed by atoms with Crippen LogP contribution in [0.15, 0.2) is 56.6 Å². The molecule has 1 aromatic heterocycles. The Morgan fingerprint density at radius 3 is 2.50 bits per heavy atom. The average molecular weight is 403 g/mol. The Morgan fingerprint density at radius 1 is 1.18 bits per heavy atom. The zero-order valence-electron chi connectivity index (χ0n) is 14.7. The molecular formula is C19H17NO7S. The van der Waals surface area contributed by atoms with E-state index in [9.17, 15) is 29.1 Å². The Kier molecular flexibility index (Phi) is 5.48. The number of carboxylic acids is 1. The minimum absolute atomic E-state index is 0.0175. The van der Waals surface area contributed by atoms with Crippen molar-refractivity contribution < 1.29 is 28.7 Å². The summed E-state index contributed by atoms with van der Waals surface area (Å²) in [5.74, 6) is -1.56. The highest BCUT2D eigenvalue weighted by molar-refractivity contribution is 7.83. The molecule has 28 heavy (non-hydrogen) atoms. The first-order chi connectivity index (χ1) is 13.2. The molecule has 0 spiro atoms. The topological polar surface area (TPSA) is 137 Å². The largest absolute Gasteiger partial charge is 0.508 e. The van der Waals surface area contributed by atoms with Gasteiger partial charge in [0, 0.05) is 17.5 Å². The Labute approximate surface area is 161 Å². The lowest BCUT2D eigenvalue weighted by atomic mass is 10.1. The monoisotopic (exact) mass is 403 g/mol. The molecule has 0 aliphatic rings. The molecule has 8 nitrogen and oxygen atoms in total. The molecule has 146 valence electrons. The van der Waals surface area contributed by atoms with Gasteiger partial charge in [-0.25, -0.2) is 13.7 Å². The van der Waals surface area contributed by atoms with E-state index in [0.29, 0.717) is 16.5 Å². The molecule has 0 aliphatic heterocycles. The van der Waals surface area contributed by atoms with Gasteiger partial charge in [0.25, 0.3) is 0 Å². The number of aromatic hydroxyl groups is 2. The summed E-state index contributed by atoms with van der Waals surface area (Å²) in [5.41, 5.74) is 0.761. The molecule has 9 heteroatoms. The molecule has 1 unspecified atom stereocenters. The maximum atomic E-state index is 12.7. The molecule has 0 amide bonds. The molecule has 3 rings (SSSR count). The van der Waals surface area contributed by atoms with Crippen LogP contribution in [0.5, 0.6) is 11.5 Å². The van der Waals surface area contributed by atoms with Gasteiger partial charge in [-0.3, -0.25) is 4.79 Å². The van der Waals surface area contributed by atoms with Crippen molar-refractivity contribution in [3.05, 3.63) is 64.0 Å². The Bertz CT molecular complexity index is 1120. The molecule has 0 radical (unpaired) electrons. The molecule has 0 saturated carbocycles. The highest BCUT2D eigenvalue weighted by Crippen LogP contribution is 2.28. The number of phenols is 2. The number of aryl methyl sites for hydroxylation is 1. The molecule has 4 N–H and O–H groups in total. The second-order valence-corrected chi connectivity index (χ2v) is 7.43. The van der Waals surface area contributed by atoms with Gasteiger partial charge in [0.15, 0.2) is 0 Å². The van der Waals surface area contributed by atoms with Crippen LogP contribution in [-0.2, 0) is 22.2 Å². The number of benzene rings is 2. The van der Waals surface area contributed by atoms with Gasteiger partial charge in [-0.15, -0.1) is 0 Å². The molecule has 0 bridgehead atoms. The van der Waals surface area contributed by atoms with Crippen molar-refractivity contribution in [2.75, 3.05) is 0 Å². The summed E-state index contributed by atoms with van der Waals surface area (Å²) in [6, 6.07) is 8.62. The van der Waals surface area contributed by atoms with E-state index >= 15 is 0 Å². The third-order valence-corrected chi connectivity index (χ3v) is 5.38. The maximum Gasteiger partial charge on any atom is 0.336 e. The van der Waals surface area contributed by atoms with E-state index in [1.54, 1.807) is 19.1 Å². The fourth-order valence-corrected chi connectivity index (χ4v) is 3.77. The molecule has 0 saturated heterocycles. The number of aliphatic carboxylic acids is 1. The minimum Gasteiger partial charge on any atom is -0.508 e. The first-order valence-electron chi connectivity index (χ1n) is 8.20. The van der Waals surface area contributed by atoms with Crippen LogP contribution in [0.2, 0.25) is 0 Å². The first-order valence-corrected chi connectivity index (χ1v) is 9.35. The van der Waals surface area contributed by atoms with E-state index in [1.165, 1.54) is 30.3 Å². The van der Waals surface area contributed by atoms with Crippen LogP contribution < -0.4 is 10.3 Å². The van der Waals surface area contributed by atoms with Gasteiger partial charge in [-0.2, -0.15) is 0 Å². The van der Waals surface area contributed by atoms with Crippen molar-refractivity contribution in [1.82, 2.24) is 4.72 Å². The Balaban J connectivity index is 1.89. The minimum atomic E-state index is -2.04. The summed E-state index contributed by atoms with van der Waals surface area (Å²) in [7, 11) is -2.04. The van der Waals surface area contributed by atoms with E-state index < -0.39 is 28.6 Å². The van der Waals surface area contributed by atoms with Crippen LogP contribution in [0.4, 0.5) is 0 Å². The van der Waals surface area contributed by atoms with Crippen molar-refractivity contribution >= 4 is 27.9 Å². The van der Waals surface area contributed by atoms with Crippen molar-refractivity contribution in [2.24, 2.45) is 0 Å². The molecule has 3 aromatic rings. The van der Waals surface area contributed by atoms with Gasteiger partial charge in [-0.05, 0) is 42.7 Å². The van der Waals surface area contributed by atoms with Crippen molar-refractivity contribution in [3.8, 4) is 11.5 Å². The number of nitrogens with one attached hydrogen (secondary N) is 1. The van der Waals surface area contributed by atoms with Gasteiger partial charge in [-0.1, -0.05) is 12.1 Å². The highest BCUT2D eigenvalue weighted by atomic mass is 32.2. The van der Waals surface area contributed by atoms with Crippen LogP contribution >= 0.6 is 0 Å². The fraction of sp³-hybridized carbons (Fsp3) is 0.158. The van der Waals surface area contributed by atoms with Crippen LogP contribution in [-0.4, -0.2) is 31.5 Å². The molecule has 1 heterocycles.